The Balaban J connectivity index is 1.63. The smallest absolute Gasteiger partial charge is 0.119 e. The van der Waals surface area contributed by atoms with Crippen LogP contribution in [-0.4, -0.2) is 44.9 Å². The van der Waals surface area contributed by atoms with Gasteiger partial charge in [-0.2, -0.15) is 0 Å². The zero-order valence-corrected chi connectivity index (χ0v) is 20.0. The Labute approximate surface area is 184 Å². The Morgan fingerprint density at radius 3 is 2.13 bits per heavy atom. The van der Waals surface area contributed by atoms with Crippen molar-refractivity contribution in [3.63, 3.8) is 0 Å². The first kappa shape index (κ1) is 24.4. The van der Waals surface area contributed by atoms with Crippen LogP contribution in [0.25, 0.3) is 0 Å². The number of benzene rings is 2. The number of ether oxygens (including phenoxy) is 2. The molecular formula is C27H42NO2+. The SMILES string of the molecule is CC(C)CC(C)(C)Cc1ccc(OCCOCC[N+](C)(C)Cc2ccccc2)cc1. The number of hydrogen-bond donors (Lipinski definition) is 0. The fourth-order valence-corrected chi connectivity index (χ4v) is 4.22. The molecule has 166 valence electrons. The van der Waals surface area contributed by atoms with E-state index >= 15 is 0 Å². The molecule has 0 aromatic heterocycles. The van der Waals surface area contributed by atoms with E-state index in [1.54, 1.807) is 0 Å². The highest BCUT2D eigenvalue weighted by Crippen LogP contribution is 2.30. The van der Waals surface area contributed by atoms with E-state index in [-0.39, 0.29) is 0 Å². The average Bonchev–Trinajstić information content (AvgIpc) is 2.65. The van der Waals surface area contributed by atoms with Gasteiger partial charge in [0.2, 0.25) is 0 Å². The van der Waals surface area contributed by atoms with Gasteiger partial charge in [0.1, 0.15) is 25.4 Å². The van der Waals surface area contributed by atoms with Crippen molar-refractivity contribution in [2.45, 2.75) is 47.1 Å². The standard InChI is InChI=1S/C27H42NO2/c1-23(2)20-27(3,4)21-24-12-14-26(15-13-24)30-19-18-29-17-16-28(5,6)22-25-10-8-7-9-11-25/h7-15,23H,16-22H2,1-6H3/q+1. The molecule has 2 rings (SSSR count). The molecule has 0 unspecified atom stereocenters. The summed E-state index contributed by atoms with van der Waals surface area (Å²) in [5, 5.41) is 0. The van der Waals surface area contributed by atoms with Gasteiger partial charge < -0.3 is 14.0 Å². The van der Waals surface area contributed by atoms with Crippen LogP contribution in [-0.2, 0) is 17.7 Å². The molecule has 0 aliphatic heterocycles. The summed E-state index contributed by atoms with van der Waals surface area (Å²) < 4.78 is 12.6. The minimum Gasteiger partial charge on any atom is -0.491 e. The van der Waals surface area contributed by atoms with Crippen LogP contribution in [0.4, 0.5) is 0 Å². The summed E-state index contributed by atoms with van der Waals surface area (Å²) in [5.41, 5.74) is 3.07. The fraction of sp³-hybridized carbons (Fsp3) is 0.556. The minimum atomic E-state index is 0.331. The predicted octanol–water partition coefficient (Wildman–Crippen LogP) is 5.97. The van der Waals surface area contributed by atoms with E-state index in [1.165, 1.54) is 17.5 Å². The van der Waals surface area contributed by atoms with E-state index in [1.807, 2.05) is 0 Å². The normalized spacial score (nSPS) is 12.4. The maximum absolute atomic E-state index is 5.85. The number of nitrogens with zero attached hydrogens (tertiary/aromatic N) is 1. The molecule has 2 aromatic carbocycles. The second-order valence-electron chi connectivity index (χ2n) is 10.3. The van der Waals surface area contributed by atoms with E-state index in [2.05, 4.69) is 96.4 Å². The molecule has 0 saturated heterocycles. The lowest BCUT2D eigenvalue weighted by Crippen LogP contribution is -2.41. The Morgan fingerprint density at radius 1 is 0.833 bits per heavy atom. The lowest BCUT2D eigenvalue weighted by Gasteiger charge is -2.29. The predicted molar refractivity (Wildman–Crippen MR) is 127 cm³/mol. The van der Waals surface area contributed by atoms with Crippen molar-refractivity contribution >= 4 is 0 Å². The van der Waals surface area contributed by atoms with Gasteiger partial charge in [0.15, 0.2) is 0 Å². The van der Waals surface area contributed by atoms with Crippen LogP contribution in [0, 0.1) is 11.3 Å². The van der Waals surface area contributed by atoms with Gasteiger partial charge >= 0.3 is 0 Å². The Kier molecular flexibility index (Phi) is 9.38. The summed E-state index contributed by atoms with van der Waals surface area (Å²) in [6.07, 6.45) is 2.34. The van der Waals surface area contributed by atoms with Crippen molar-refractivity contribution in [3.8, 4) is 5.75 Å². The van der Waals surface area contributed by atoms with E-state index in [9.17, 15) is 0 Å². The summed E-state index contributed by atoms with van der Waals surface area (Å²) in [6.45, 7) is 13.2. The summed E-state index contributed by atoms with van der Waals surface area (Å²) >= 11 is 0. The zero-order chi connectivity index (χ0) is 22.0. The molecule has 0 spiro atoms. The topological polar surface area (TPSA) is 18.5 Å². The van der Waals surface area contributed by atoms with Crippen molar-refractivity contribution in [2.75, 3.05) is 40.5 Å². The van der Waals surface area contributed by atoms with E-state index < -0.39 is 0 Å². The van der Waals surface area contributed by atoms with Crippen LogP contribution in [0.5, 0.6) is 5.75 Å². The summed E-state index contributed by atoms with van der Waals surface area (Å²) in [5.74, 6) is 1.65. The van der Waals surface area contributed by atoms with Gasteiger partial charge in [0.25, 0.3) is 0 Å². The van der Waals surface area contributed by atoms with Crippen molar-refractivity contribution < 1.29 is 14.0 Å². The van der Waals surface area contributed by atoms with Crippen molar-refractivity contribution in [1.82, 2.24) is 0 Å². The third-order valence-electron chi connectivity index (χ3n) is 5.36. The molecule has 0 atom stereocenters. The lowest BCUT2D eigenvalue weighted by atomic mass is 9.79. The number of rotatable bonds is 13. The molecule has 0 aliphatic rings. The summed E-state index contributed by atoms with van der Waals surface area (Å²) in [6, 6.07) is 19.2. The van der Waals surface area contributed by atoms with E-state index in [4.69, 9.17) is 9.47 Å². The van der Waals surface area contributed by atoms with E-state index in [0.717, 1.165) is 42.3 Å². The monoisotopic (exact) mass is 412 g/mol. The molecule has 0 amide bonds. The highest BCUT2D eigenvalue weighted by molar-refractivity contribution is 5.27. The second-order valence-corrected chi connectivity index (χ2v) is 10.3. The molecular weight excluding hydrogens is 370 g/mol. The highest BCUT2D eigenvalue weighted by Gasteiger charge is 2.20. The molecule has 30 heavy (non-hydrogen) atoms. The van der Waals surface area contributed by atoms with Gasteiger partial charge in [-0.15, -0.1) is 0 Å². The largest absolute Gasteiger partial charge is 0.491 e. The second kappa shape index (κ2) is 11.5. The quantitative estimate of drug-likeness (QED) is 0.298. The van der Waals surface area contributed by atoms with Crippen LogP contribution < -0.4 is 4.74 Å². The van der Waals surface area contributed by atoms with Gasteiger partial charge in [0.05, 0.1) is 27.3 Å². The lowest BCUT2D eigenvalue weighted by molar-refractivity contribution is -0.904. The Bertz CT molecular complexity index is 720. The van der Waals surface area contributed by atoms with Crippen molar-refractivity contribution in [2.24, 2.45) is 11.3 Å². The molecule has 0 aliphatic carbocycles. The third-order valence-corrected chi connectivity index (χ3v) is 5.36. The first-order valence-electron chi connectivity index (χ1n) is 11.3. The molecule has 0 radical (unpaired) electrons. The van der Waals surface area contributed by atoms with Crippen LogP contribution in [0.1, 0.15) is 45.2 Å². The van der Waals surface area contributed by atoms with Crippen molar-refractivity contribution in [1.29, 1.82) is 0 Å². The Hall–Kier alpha value is -1.84. The molecule has 0 bridgehead atoms. The molecule has 0 fully saturated rings. The first-order chi connectivity index (χ1) is 14.2. The molecule has 2 aromatic rings. The highest BCUT2D eigenvalue weighted by atomic mass is 16.5. The number of quaternary nitrogens is 1. The Morgan fingerprint density at radius 2 is 1.50 bits per heavy atom. The van der Waals surface area contributed by atoms with Gasteiger partial charge in [-0.1, -0.05) is 70.2 Å². The van der Waals surface area contributed by atoms with Gasteiger partial charge in [-0.3, -0.25) is 0 Å². The maximum atomic E-state index is 5.85. The maximum Gasteiger partial charge on any atom is 0.119 e. The molecule has 3 nitrogen and oxygen atoms in total. The molecule has 0 N–H and O–H groups in total. The summed E-state index contributed by atoms with van der Waals surface area (Å²) in [7, 11) is 4.49. The average molecular weight is 413 g/mol. The molecule has 0 heterocycles. The fourth-order valence-electron chi connectivity index (χ4n) is 4.22. The van der Waals surface area contributed by atoms with Gasteiger partial charge in [0, 0.05) is 5.56 Å². The van der Waals surface area contributed by atoms with Crippen LogP contribution in [0.2, 0.25) is 0 Å². The van der Waals surface area contributed by atoms with Crippen molar-refractivity contribution in [3.05, 3.63) is 65.7 Å². The number of hydrogen-bond acceptors (Lipinski definition) is 2. The van der Waals surface area contributed by atoms with Gasteiger partial charge in [-0.05, 0) is 41.9 Å². The van der Waals surface area contributed by atoms with Crippen LogP contribution >= 0.6 is 0 Å². The number of likely N-dealkylation sites (N-methyl/N-ethyl adjacent to an activating group) is 1. The molecule has 3 heteroatoms. The molecule has 0 saturated carbocycles. The minimum absolute atomic E-state index is 0.331. The zero-order valence-electron chi connectivity index (χ0n) is 20.0. The third kappa shape index (κ3) is 9.77. The summed E-state index contributed by atoms with van der Waals surface area (Å²) in [4.78, 5) is 0. The first-order valence-corrected chi connectivity index (χ1v) is 11.3. The van der Waals surface area contributed by atoms with E-state index in [0.29, 0.717) is 18.6 Å². The van der Waals surface area contributed by atoms with Crippen LogP contribution in [0.3, 0.4) is 0 Å². The van der Waals surface area contributed by atoms with Crippen LogP contribution in [0.15, 0.2) is 54.6 Å². The van der Waals surface area contributed by atoms with Gasteiger partial charge in [-0.25, -0.2) is 0 Å².